The molecule has 1 amide bonds. The number of amides is 1. The maximum absolute atomic E-state index is 12.2. The summed E-state index contributed by atoms with van der Waals surface area (Å²) < 4.78 is 5.25. The van der Waals surface area contributed by atoms with E-state index in [-0.39, 0.29) is 17.9 Å². The third kappa shape index (κ3) is 3.36. The average Bonchev–Trinajstić information content (AvgIpc) is 2.89. The van der Waals surface area contributed by atoms with E-state index in [0.717, 1.165) is 5.56 Å². The van der Waals surface area contributed by atoms with Gasteiger partial charge >= 0.3 is 5.97 Å². The number of carbonyl (C=O) groups is 2. The molecule has 1 aromatic rings. The minimum atomic E-state index is -0.784. The normalized spacial score (nSPS) is 23.2. The van der Waals surface area contributed by atoms with Gasteiger partial charge in [0.2, 0.25) is 0 Å². The molecule has 2 rings (SSSR count). The van der Waals surface area contributed by atoms with Crippen molar-refractivity contribution in [2.45, 2.75) is 31.4 Å². The first-order chi connectivity index (χ1) is 9.61. The Morgan fingerprint density at radius 2 is 2.00 bits per heavy atom. The molecule has 5 heteroatoms. The fourth-order valence-electron chi connectivity index (χ4n) is 2.64. The molecule has 3 unspecified atom stereocenters. The summed E-state index contributed by atoms with van der Waals surface area (Å²) in [6, 6.07) is 9.17. The highest BCUT2D eigenvalue weighted by atomic mass is 16.5. The minimum Gasteiger partial charge on any atom is -0.481 e. The first-order valence-electron chi connectivity index (χ1n) is 6.72. The molecule has 0 bridgehead atoms. The lowest BCUT2D eigenvalue weighted by Crippen LogP contribution is -2.37. The van der Waals surface area contributed by atoms with Crippen molar-refractivity contribution in [3.8, 4) is 0 Å². The molecule has 0 heterocycles. The molecule has 0 radical (unpaired) electrons. The standard InChI is InChI=1S/C15H19NO4/c1-20-13(10-5-3-2-4-6-10)14(17)16-12-8-7-11(9-12)15(18)19/h2-6,11-13H,7-9H2,1H3,(H,16,17)(H,18,19). The molecule has 3 atom stereocenters. The first kappa shape index (κ1) is 14.5. The summed E-state index contributed by atoms with van der Waals surface area (Å²) in [7, 11) is 1.49. The van der Waals surface area contributed by atoms with Gasteiger partial charge in [0.1, 0.15) is 0 Å². The molecule has 0 spiro atoms. The predicted octanol–water partition coefficient (Wildman–Crippen LogP) is 1.74. The summed E-state index contributed by atoms with van der Waals surface area (Å²) in [5.41, 5.74) is 0.792. The molecule has 1 aromatic carbocycles. The molecule has 108 valence electrons. The van der Waals surface area contributed by atoms with Crippen LogP contribution in [0.15, 0.2) is 30.3 Å². The number of rotatable bonds is 5. The Morgan fingerprint density at radius 1 is 1.30 bits per heavy atom. The quantitative estimate of drug-likeness (QED) is 0.859. The molecule has 5 nitrogen and oxygen atoms in total. The Bertz CT molecular complexity index is 474. The maximum Gasteiger partial charge on any atom is 0.306 e. The number of carboxylic acid groups (broad SMARTS) is 1. The lowest BCUT2D eigenvalue weighted by Gasteiger charge is -2.19. The van der Waals surface area contributed by atoms with Crippen LogP contribution >= 0.6 is 0 Å². The van der Waals surface area contributed by atoms with Crippen LogP contribution in [-0.4, -0.2) is 30.1 Å². The number of hydrogen-bond acceptors (Lipinski definition) is 3. The van der Waals surface area contributed by atoms with Crippen molar-refractivity contribution in [3.63, 3.8) is 0 Å². The SMILES string of the molecule is COC(C(=O)NC1CCC(C(=O)O)C1)c1ccccc1. The van der Waals surface area contributed by atoms with Gasteiger partial charge in [-0.1, -0.05) is 30.3 Å². The topological polar surface area (TPSA) is 75.6 Å². The number of carbonyl (C=O) groups excluding carboxylic acids is 1. The summed E-state index contributed by atoms with van der Waals surface area (Å²) in [5.74, 6) is -1.35. The van der Waals surface area contributed by atoms with E-state index in [1.54, 1.807) is 0 Å². The molecule has 0 aliphatic heterocycles. The molecule has 1 fully saturated rings. The number of methoxy groups -OCH3 is 1. The zero-order valence-corrected chi connectivity index (χ0v) is 11.4. The van der Waals surface area contributed by atoms with E-state index in [1.807, 2.05) is 30.3 Å². The zero-order valence-electron chi connectivity index (χ0n) is 11.4. The highest BCUT2D eigenvalue weighted by Crippen LogP contribution is 2.26. The van der Waals surface area contributed by atoms with E-state index >= 15 is 0 Å². The molecule has 0 saturated heterocycles. The van der Waals surface area contributed by atoms with Crippen molar-refractivity contribution < 1.29 is 19.4 Å². The van der Waals surface area contributed by atoms with Crippen molar-refractivity contribution >= 4 is 11.9 Å². The van der Waals surface area contributed by atoms with Gasteiger partial charge in [-0.05, 0) is 24.8 Å². The van der Waals surface area contributed by atoms with Crippen molar-refractivity contribution in [2.75, 3.05) is 7.11 Å². The van der Waals surface area contributed by atoms with E-state index in [0.29, 0.717) is 19.3 Å². The molecule has 1 aliphatic carbocycles. The fraction of sp³-hybridized carbons (Fsp3) is 0.467. The van der Waals surface area contributed by atoms with Gasteiger partial charge < -0.3 is 15.2 Å². The van der Waals surface area contributed by atoms with Crippen LogP contribution in [0.1, 0.15) is 30.9 Å². The summed E-state index contributed by atoms with van der Waals surface area (Å²) in [4.78, 5) is 23.1. The minimum absolute atomic E-state index is 0.0787. The van der Waals surface area contributed by atoms with Crippen LogP contribution in [0.5, 0.6) is 0 Å². The van der Waals surface area contributed by atoms with Gasteiger partial charge in [0.25, 0.3) is 5.91 Å². The van der Waals surface area contributed by atoms with Gasteiger partial charge in [-0.25, -0.2) is 0 Å². The Labute approximate surface area is 117 Å². The van der Waals surface area contributed by atoms with Crippen LogP contribution in [0, 0.1) is 5.92 Å². The lowest BCUT2D eigenvalue weighted by atomic mass is 10.1. The van der Waals surface area contributed by atoms with Gasteiger partial charge in [-0.15, -0.1) is 0 Å². The van der Waals surface area contributed by atoms with Crippen LogP contribution < -0.4 is 5.32 Å². The van der Waals surface area contributed by atoms with Crippen molar-refractivity contribution in [2.24, 2.45) is 5.92 Å². The van der Waals surface area contributed by atoms with Gasteiger partial charge in [-0.2, -0.15) is 0 Å². The largest absolute Gasteiger partial charge is 0.481 e. The van der Waals surface area contributed by atoms with Crippen LogP contribution in [0.3, 0.4) is 0 Å². The molecular formula is C15H19NO4. The number of aliphatic carboxylic acids is 1. The van der Waals surface area contributed by atoms with Gasteiger partial charge in [0.05, 0.1) is 5.92 Å². The van der Waals surface area contributed by atoms with E-state index in [1.165, 1.54) is 7.11 Å². The average molecular weight is 277 g/mol. The van der Waals surface area contributed by atoms with E-state index in [2.05, 4.69) is 5.32 Å². The molecule has 20 heavy (non-hydrogen) atoms. The number of ether oxygens (including phenoxy) is 1. The van der Waals surface area contributed by atoms with E-state index in [9.17, 15) is 9.59 Å². The van der Waals surface area contributed by atoms with Crippen molar-refractivity contribution in [1.29, 1.82) is 0 Å². The summed E-state index contributed by atoms with van der Waals surface area (Å²) >= 11 is 0. The maximum atomic E-state index is 12.2. The Hall–Kier alpha value is -1.88. The van der Waals surface area contributed by atoms with Crippen molar-refractivity contribution in [1.82, 2.24) is 5.32 Å². The second kappa shape index (κ2) is 6.52. The zero-order chi connectivity index (χ0) is 14.5. The highest BCUT2D eigenvalue weighted by Gasteiger charge is 2.32. The van der Waals surface area contributed by atoms with Crippen LogP contribution in [0.4, 0.5) is 0 Å². The predicted molar refractivity (Wildman–Crippen MR) is 73.1 cm³/mol. The second-order valence-corrected chi connectivity index (χ2v) is 5.08. The monoisotopic (exact) mass is 277 g/mol. The Morgan fingerprint density at radius 3 is 2.55 bits per heavy atom. The molecule has 2 N–H and O–H groups in total. The summed E-state index contributed by atoms with van der Waals surface area (Å²) in [5, 5.41) is 11.8. The number of carboxylic acids is 1. The van der Waals surface area contributed by atoms with Gasteiger partial charge in [0.15, 0.2) is 6.10 Å². The lowest BCUT2D eigenvalue weighted by molar-refractivity contribution is -0.141. The number of benzene rings is 1. The Balaban J connectivity index is 1.96. The van der Waals surface area contributed by atoms with Crippen LogP contribution in [-0.2, 0) is 14.3 Å². The van der Waals surface area contributed by atoms with Gasteiger partial charge in [0, 0.05) is 13.2 Å². The smallest absolute Gasteiger partial charge is 0.306 e. The van der Waals surface area contributed by atoms with Gasteiger partial charge in [-0.3, -0.25) is 9.59 Å². The third-order valence-electron chi connectivity index (χ3n) is 3.70. The van der Waals surface area contributed by atoms with E-state index in [4.69, 9.17) is 9.84 Å². The molecule has 0 aromatic heterocycles. The Kier molecular flexibility index (Phi) is 4.74. The van der Waals surface area contributed by atoms with Crippen LogP contribution in [0.2, 0.25) is 0 Å². The third-order valence-corrected chi connectivity index (χ3v) is 3.70. The fourth-order valence-corrected chi connectivity index (χ4v) is 2.64. The van der Waals surface area contributed by atoms with E-state index < -0.39 is 12.1 Å². The first-order valence-corrected chi connectivity index (χ1v) is 6.72. The summed E-state index contributed by atoms with van der Waals surface area (Å²) in [6.07, 6.45) is 1.16. The summed E-state index contributed by atoms with van der Waals surface area (Å²) in [6.45, 7) is 0. The number of nitrogens with one attached hydrogen (secondary N) is 1. The number of hydrogen-bond donors (Lipinski definition) is 2. The highest BCUT2D eigenvalue weighted by molar-refractivity contribution is 5.82. The molecular weight excluding hydrogens is 258 g/mol. The molecule has 1 aliphatic rings. The van der Waals surface area contributed by atoms with Crippen LogP contribution in [0.25, 0.3) is 0 Å². The second-order valence-electron chi connectivity index (χ2n) is 5.08. The van der Waals surface area contributed by atoms with Crippen molar-refractivity contribution in [3.05, 3.63) is 35.9 Å². The molecule has 1 saturated carbocycles.